The highest BCUT2D eigenvalue weighted by Crippen LogP contribution is 2.39. The SMILES string of the molecule is CC[C@@H]1c2cc(OC)c(OC)cc2CCN1C[C@@H](C)CC(C)C. The van der Waals surface area contributed by atoms with E-state index in [0.29, 0.717) is 6.04 Å². The van der Waals surface area contributed by atoms with Crippen molar-refractivity contribution in [1.29, 1.82) is 0 Å². The van der Waals surface area contributed by atoms with Crippen LogP contribution >= 0.6 is 0 Å². The van der Waals surface area contributed by atoms with Crippen molar-refractivity contribution in [2.45, 2.75) is 53.0 Å². The minimum absolute atomic E-state index is 0.494. The fraction of sp³-hybridized carbons (Fsp3) is 0.700. The van der Waals surface area contributed by atoms with Crippen LogP contribution < -0.4 is 9.47 Å². The molecule has 1 aromatic carbocycles. The van der Waals surface area contributed by atoms with Gasteiger partial charge in [-0.15, -0.1) is 0 Å². The Labute approximate surface area is 142 Å². The molecule has 0 N–H and O–H groups in total. The summed E-state index contributed by atoms with van der Waals surface area (Å²) in [4.78, 5) is 2.67. The highest BCUT2D eigenvalue weighted by molar-refractivity contribution is 5.49. The predicted molar refractivity (Wildman–Crippen MR) is 96.5 cm³/mol. The number of hydrogen-bond donors (Lipinski definition) is 0. The molecular weight excluding hydrogens is 286 g/mol. The molecule has 0 unspecified atom stereocenters. The Morgan fingerprint density at radius 3 is 2.35 bits per heavy atom. The van der Waals surface area contributed by atoms with E-state index in [1.807, 2.05) is 0 Å². The predicted octanol–water partition coefficient (Wildman–Crippen LogP) is 4.70. The van der Waals surface area contributed by atoms with Crippen LogP contribution in [0.2, 0.25) is 0 Å². The molecule has 1 heterocycles. The molecule has 0 aromatic heterocycles. The minimum Gasteiger partial charge on any atom is -0.493 e. The molecule has 0 amide bonds. The first-order chi connectivity index (χ1) is 11.0. The van der Waals surface area contributed by atoms with Gasteiger partial charge in [0.2, 0.25) is 0 Å². The molecule has 0 saturated heterocycles. The largest absolute Gasteiger partial charge is 0.493 e. The van der Waals surface area contributed by atoms with Crippen LogP contribution in [0.3, 0.4) is 0 Å². The molecule has 0 saturated carbocycles. The fourth-order valence-electron chi connectivity index (χ4n) is 4.06. The molecule has 1 aliphatic rings. The summed E-state index contributed by atoms with van der Waals surface area (Å²) in [6, 6.07) is 4.86. The zero-order chi connectivity index (χ0) is 17.0. The van der Waals surface area contributed by atoms with E-state index in [2.05, 4.69) is 44.7 Å². The van der Waals surface area contributed by atoms with Crippen molar-refractivity contribution in [2.24, 2.45) is 11.8 Å². The van der Waals surface area contributed by atoms with E-state index in [4.69, 9.17) is 9.47 Å². The van der Waals surface area contributed by atoms with E-state index in [1.165, 1.54) is 24.1 Å². The van der Waals surface area contributed by atoms with Crippen molar-refractivity contribution in [3.05, 3.63) is 23.3 Å². The molecule has 1 aromatic rings. The number of benzene rings is 1. The number of nitrogens with zero attached hydrogens (tertiary/aromatic N) is 1. The monoisotopic (exact) mass is 319 g/mol. The molecule has 2 atom stereocenters. The van der Waals surface area contributed by atoms with E-state index in [-0.39, 0.29) is 0 Å². The molecule has 2 rings (SSSR count). The smallest absolute Gasteiger partial charge is 0.161 e. The van der Waals surface area contributed by atoms with Crippen LogP contribution in [0.4, 0.5) is 0 Å². The second-order valence-corrected chi connectivity index (χ2v) is 7.31. The maximum Gasteiger partial charge on any atom is 0.161 e. The topological polar surface area (TPSA) is 21.7 Å². The van der Waals surface area contributed by atoms with Crippen LogP contribution in [0.25, 0.3) is 0 Å². The van der Waals surface area contributed by atoms with Crippen LogP contribution in [-0.4, -0.2) is 32.2 Å². The van der Waals surface area contributed by atoms with Gasteiger partial charge in [0.25, 0.3) is 0 Å². The number of fused-ring (bicyclic) bond motifs is 1. The lowest BCUT2D eigenvalue weighted by Crippen LogP contribution is -2.38. The Kier molecular flexibility index (Phi) is 6.34. The third-order valence-electron chi connectivity index (χ3n) is 4.92. The Balaban J connectivity index is 2.23. The summed E-state index contributed by atoms with van der Waals surface area (Å²) in [5.41, 5.74) is 2.84. The summed E-state index contributed by atoms with van der Waals surface area (Å²) in [6.45, 7) is 11.6. The van der Waals surface area contributed by atoms with E-state index in [9.17, 15) is 0 Å². The van der Waals surface area contributed by atoms with Crippen LogP contribution in [-0.2, 0) is 6.42 Å². The van der Waals surface area contributed by atoms with Gasteiger partial charge in [0.05, 0.1) is 14.2 Å². The van der Waals surface area contributed by atoms with Crippen molar-refractivity contribution >= 4 is 0 Å². The average molecular weight is 319 g/mol. The van der Waals surface area contributed by atoms with E-state index >= 15 is 0 Å². The second-order valence-electron chi connectivity index (χ2n) is 7.31. The minimum atomic E-state index is 0.494. The van der Waals surface area contributed by atoms with Gasteiger partial charge in [0, 0.05) is 19.1 Å². The molecule has 3 heteroatoms. The number of methoxy groups -OCH3 is 2. The molecule has 0 aliphatic carbocycles. The Hall–Kier alpha value is -1.22. The van der Waals surface area contributed by atoms with Gasteiger partial charge in [0.1, 0.15) is 0 Å². The summed E-state index contributed by atoms with van der Waals surface area (Å²) < 4.78 is 11.0. The van der Waals surface area contributed by atoms with Gasteiger partial charge in [-0.3, -0.25) is 4.90 Å². The molecule has 0 fully saturated rings. The van der Waals surface area contributed by atoms with Crippen LogP contribution in [0.15, 0.2) is 12.1 Å². The van der Waals surface area contributed by atoms with Gasteiger partial charge in [0.15, 0.2) is 11.5 Å². The molecule has 23 heavy (non-hydrogen) atoms. The normalized spacial score (nSPS) is 19.5. The van der Waals surface area contributed by atoms with Crippen LogP contribution in [0.1, 0.15) is 57.7 Å². The summed E-state index contributed by atoms with van der Waals surface area (Å²) in [5.74, 6) is 3.21. The van der Waals surface area contributed by atoms with Gasteiger partial charge >= 0.3 is 0 Å². The fourth-order valence-corrected chi connectivity index (χ4v) is 4.06. The molecule has 0 bridgehead atoms. The highest BCUT2D eigenvalue weighted by atomic mass is 16.5. The van der Waals surface area contributed by atoms with Gasteiger partial charge in [-0.25, -0.2) is 0 Å². The standard InChI is InChI=1S/C20H33NO2/c1-7-18-17-12-20(23-6)19(22-5)11-16(17)8-9-21(18)13-15(4)10-14(2)3/h11-12,14-15,18H,7-10,13H2,1-6H3/t15-,18+/m0/s1. The second kappa shape index (κ2) is 8.05. The van der Waals surface area contributed by atoms with Crippen molar-refractivity contribution in [1.82, 2.24) is 4.90 Å². The van der Waals surface area contributed by atoms with Gasteiger partial charge in [-0.05, 0) is 54.4 Å². The maximum absolute atomic E-state index is 5.52. The lowest BCUT2D eigenvalue weighted by Gasteiger charge is -2.39. The van der Waals surface area contributed by atoms with Gasteiger partial charge < -0.3 is 9.47 Å². The van der Waals surface area contributed by atoms with Gasteiger partial charge in [-0.2, -0.15) is 0 Å². The van der Waals surface area contributed by atoms with Crippen LogP contribution in [0.5, 0.6) is 11.5 Å². The lowest BCUT2D eigenvalue weighted by molar-refractivity contribution is 0.148. The van der Waals surface area contributed by atoms with E-state index < -0.39 is 0 Å². The number of ether oxygens (including phenoxy) is 2. The average Bonchev–Trinajstić information content (AvgIpc) is 2.52. The molecule has 1 aliphatic heterocycles. The first-order valence-electron chi connectivity index (χ1n) is 8.98. The molecule has 3 nitrogen and oxygen atoms in total. The summed E-state index contributed by atoms with van der Waals surface area (Å²) in [6.07, 6.45) is 3.53. The maximum atomic E-state index is 5.52. The molecule has 0 radical (unpaired) electrons. The van der Waals surface area contributed by atoms with Crippen molar-refractivity contribution in [2.75, 3.05) is 27.3 Å². The molecule has 130 valence electrons. The summed E-state index contributed by atoms with van der Waals surface area (Å²) in [7, 11) is 3.43. The zero-order valence-electron chi connectivity index (χ0n) is 15.7. The van der Waals surface area contributed by atoms with Crippen molar-refractivity contribution in [3.63, 3.8) is 0 Å². The third kappa shape index (κ3) is 4.20. The Morgan fingerprint density at radius 2 is 1.78 bits per heavy atom. The van der Waals surface area contributed by atoms with Crippen molar-refractivity contribution in [3.8, 4) is 11.5 Å². The molecule has 0 spiro atoms. The third-order valence-corrected chi connectivity index (χ3v) is 4.92. The van der Waals surface area contributed by atoms with E-state index in [0.717, 1.165) is 42.7 Å². The highest BCUT2D eigenvalue weighted by Gasteiger charge is 2.28. The van der Waals surface area contributed by atoms with Crippen molar-refractivity contribution < 1.29 is 9.47 Å². The Morgan fingerprint density at radius 1 is 1.13 bits per heavy atom. The first kappa shape index (κ1) is 18.1. The first-order valence-corrected chi connectivity index (χ1v) is 8.98. The van der Waals surface area contributed by atoms with Crippen LogP contribution in [0, 0.1) is 11.8 Å². The summed E-state index contributed by atoms with van der Waals surface area (Å²) >= 11 is 0. The van der Waals surface area contributed by atoms with E-state index in [1.54, 1.807) is 14.2 Å². The quantitative estimate of drug-likeness (QED) is 0.727. The number of rotatable bonds is 7. The zero-order valence-corrected chi connectivity index (χ0v) is 15.7. The lowest BCUT2D eigenvalue weighted by atomic mass is 9.89. The van der Waals surface area contributed by atoms with Gasteiger partial charge in [-0.1, -0.05) is 27.7 Å². The summed E-state index contributed by atoms with van der Waals surface area (Å²) in [5, 5.41) is 0. The Bertz CT molecular complexity index is 513. The number of hydrogen-bond acceptors (Lipinski definition) is 3. The molecular formula is C20H33NO2.